The number of hydrogen-bond donors (Lipinski definition) is 2. The SMILES string of the molecule is [2H]N(C(=O)OCc1ccccc1)[C@H](C=O)C(Cc1ccccc1)C(=O)O. The molecule has 25 heavy (non-hydrogen) atoms. The number of alkyl carbamates (subject to hydrolysis) is 1. The number of benzene rings is 2. The largest absolute Gasteiger partial charge is 0.481 e. The molecule has 6 nitrogen and oxygen atoms in total. The van der Waals surface area contributed by atoms with Gasteiger partial charge in [0.15, 0.2) is 1.41 Å². The van der Waals surface area contributed by atoms with Crippen molar-refractivity contribution >= 4 is 18.3 Å². The Balaban J connectivity index is 2.06. The third kappa shape index (κ3) is 5.76. The van der Waals surface area contributed by atoms with Crippen molar-refractivity contribution in [3.05, 3.63) is 71.8 Å². The van der Waals surface area contributed by atoms with E-state index in [1.807, 2.05) is 6.07 Å². The lowest BCUT2D eigenvalue weighted by molar-refractivity contribution is -0.143. The second-order valence-electron chi connectivity index (χ2n) is 5.43. The Morgan fingerprint density at radius 2 is 1.64 bits per heavy atom. The van der Waals surface area contributed by atoms with Crippen LogP contribution in [0.15, 0.2) is 60.7 Å². The van der Waals surface area contributed by atoms with Crippen molar-refractivity contribution in [1.82, 2.24) is 5.31 Å². The van der Waals surface area contributed by atoms with Crippen molar-refractivity contribution < 1.29 is 25.6 Å². The van der Waals surface area contributed by atoms with Gasteiger partial charge < -0.3 is 19.9 Å². The first-order valence-corrected chi connectivity index (χ1v) is 7.73. The Kier molecular flexibility index (Phi) is 6.16. The van der Waals surface area contributed by atoms with Gasteiger partial charge in [-0.25, -0.2) is 4.79 Å². The van der Waals surface area contributed by atoms with Gasteiger partial charge in [0.05, 0.1) is 5.92 Å². The number of carboxylic acids is 1. The van der Waals surface area contributed by atoms with Crippen LogP contribution in [0.4, 0.5) is 4.79 Å². The van der Waals surface area contributed by atoms with Crippen molar-refractivity contribution in [2.45, 2.75) is 19.1 Å². The van der Waals surface area contributed by atoms with Crippen molar-refractivity contribution in [3.63, 3.8) is 0 Å². The smallest absolute Gasteiger partial charge is 0.408 e. The van der Waals surface area contributed by atoms with Gasteiger partial charge in [-0.3, -0.25) is 4.79 Å². The number of hydrogen-bond acceptors (Lipinski definition) is 4. The van der Waals surface area contributed by atoms with Crippen LogP contribution in [0.2, 0.25) is 1.41 Å². The van der Waals surface area contributed by atoms with Gasteiger partial charge in [-0.2, -0.15) is 0 Å². The molecule has 0 aliphatic rings. The van der Waals surface area contributed by atoms with Gasteiger partial charge in [-0.05, 0) is 17.5 Å². The normalized spacial score (nSPS) is 13.2. The molecule has 0 radical (unpaired) electrons. The molecule has 0 heterocycles. The summed E-state index contributed by atoms with van der Waals surface area (Å²) in [5, 5.41) is 9.74. The molecule has 1 amide bonds. The van der Waals surface area contributed by atoms with E-state index in [1.54, 1.807) is 54.6 Å². The minimum atomic E-state index is -1.46. The van der Waals surface area contributed by atoms with Gasteiger partial charge >= 0.3 is 12.1 Å². The highest BCUT2D eigenvalue weighted by molar-refractivity contribution is 5.81. The average molecular weight is 342 g/mol. The maximum Gasteiger partial charge on any atom is 0.408 e. The highest BCUT2D eigenvalue weighted by Gasteiger charge is 2.30. The van der Waals surface area contributed by atoms with Crippen LogP contribution in [0.1, 0.15) is 11.1 Å². The number of aliphatic carboxylic acids is 1. The summed E-state index contributed by atoms with van der Waals surface area (Å²) in [4.78, 5) is 35.1. The van der Waals surface area contributed by atoms with E-state index >= 15 is 0 Å². The fourth-order valence-corrected chi connectivity index (χ4v) is 2.32. The molecule has 1 unspecified atom stereocenters. The molecule has 0 saturated heterocycles. The fraction of sp³-hybridized carbons (Fsp3) is 0.211. The van der Waals surface area contributed by atoms with Crippen molar-refractivity contribution in [2.75, 3.05) is 0 Å². The van der Waals surface area contributed by atoms with Crippen LogP contribution in [0.3, 0.4) is 0 Å². The van der Waals surface area contributed by atoms with Crippen LogP contribution < -0.4 is 5.31 Å². The van der Waals surface area contributed by atoms with Crippen molar-refractivity contribution in [2.24, 2.45) is 5.92 Å². The first-order valence-electron chi connectivity index (χ1n) is 8.18. The summed E-state index contributed by atoms with van der Waals surface area (Å²) in [7, 11) is 0. The topological polar surface area (TPSA) is 92.7 Å². The monoisotopic (exact) mass is 342 g/mol. The predicted octanol–water partition coefficient (Wildman–Crippen LogP) is 2.42. The lowest BCUT2D eigenvalue weighted by Crippen LogP contribution is -2.45. The molecule has 0 aliphatic carbocycles. The number of nitrogens with one attached hydrogen (secondary N) is 1. The number of carbonyl (C=O) groups is 3. The second-order valence-corrected chi connectivity index (χ2v) is 5.43. The van der Waals surface area contributed by atoms with Crippen LogP contribution in [0.5, 0.6) is 0 Å². The Morgan fingerprint density at radius 1 is 1.08 bits per heavy atom. The Hall–Kier alpha value is -3.15. The minimum absolute atomic E-state index is 0.0148. The van der Waals surface area contributed by atoms with E-state index in [0.717, 1.165) is 5.56 Å². The molecular formula is C19H19NO5. The Labute approximate surface area is 146 Å². The average Bonchev–Trinajstić information content (AvgIpc) is 2.67. The van der Waals surface area contributed by atoms with Crippen LogP contribution in [-0.2, 0) is 27.4 Å². The van der Waals surface area contributed by atoms with Gasteiger partial charge in [-0.15, -0.1) is 0 Å². The molecule has 2 aromatic rings. The molecule has 0 fully saturated rings. The maximum absolute atomic E-state index is 12.1. The van der Waals surface area contributed by atoms with Gasteiger partial charge in [0.2, 0.25) is 0 Å². The number of carbonyl (C=O) groups excluding carboxylic acids is 2. The second kappa shape index (κ2) is 9.22. The molecule has 2 N–H and O–H groups in total. The minimum Gasteiger partial charge on any atom is -0.481 e. The molecule has 0 aliphatic heterocycles. The lowest BCUT2D eigenvalue weighted by atomic mass is 9.93. The Morgan fingerprint density at radius 3 is 2.16 bits per heavy atom. The van der Waals surface area contributed by atoms with Gasteiger partial charge in [0.25, 0.3) is 0 Å². The third-order valence-electron chi connectivity index (χ3n) is 3.63. The molecule has 0 aromatic heterocycles. The van der Waals surface area contributed by atoms with Crippen LogP contribution >= 0.6 is 0 Å². The van der Waals surface area contributed by atoms with Crippen LogP contribution in [-0.4, -0.2) is 29.5 Å². The Bertz CT molecular complexity index is 738. The van der Waals surface area contributed by atoms with Crippen LogP contribution in [0, 0.1) is 5.92 Å². The van der Waals surface area contributed by atoms with E-state index in [9.17, 15) is 19.5 Å². The molecule has 0 spiro atoms. The van der Waals surface area contributed by atoms with E-state index < -0.39 is 24.0 Å². The number of amides is 1. The van der Waals surface area contributed by atoms with E-state index in [0.29, 0.717) is 11.8 Å². The summed E-state index contributed by atoms with van der Waals surface area (Å²) in [5.74, 6) is -2.52. The molecule has 0 bridgehead atoms. The number of carboxylic acid groups (broad SMARTS) is 1. The number of ether oxygens (including phenoxy) is 1. The standard InChI is InChI=1S/C19H19NO5/c21-12-17(16(18(22)23)11-14-7-3-1-4-8-14)20-19(24)25-13-15-9-5-2-6-10-15/h1-10,12,16-17H,11,13H2,(H,20,24)(H,22,23)/t16?,17-/m1/s1/i/hD. The highest BCUT2D eigenvalue weighted by Crippen LogP contribution is 2.13. The number of rotatable bonds is 8. The zero-order valence-corrected chi connectivity index (χ0v) is 13.4. The van der Waals surface area contributed by atoms with Gasteiger partial charge in [0, 0.05) is 0 Å². The summed E-state index contributed by atoms with van der Waals surface area (Å²) >= 11 is 0. The van der Waals surface area contributed by atoms with E-state index in [4.69, 9.17) is 6.15 Å². The molecule has 2 atom stereocenters. The van der Waals surface area contributed by atoms with E-state index in [1.165, 1.54) is 0 Å². The first kappa shape index (κ1) is 16.7. The van der Waals surface area contributed by atoms with Crippen LogP contribution in [0.25, 0.3) is 0 Å². The molecular weight excluding hydrogens is 322 g/mol. The summed E-state index contributed by atoms with van der Waals surface area (Å²) in [5.41, 5.74) is 1.41. The van der Waals surface area contributed by atoms with Gasteiger partial charge in [0.1, 0.15) is 18.9 Å². The molecule has 2 rings (SSSR count). The third-order valence-corrected chi connectivity index (χ3v) is 3.63. The summed E-state index contributed by atoms with van der Waals surface area (Å²) in [6.45, 7) is -0.0724. The molecule has 6 heteroatoms. The highest BCUT2D eigenvalue weighted by atomic mass is 16.5. The van der Waals surface area contributed by atoms with Crippen molar-refractivity contribution in [3.8, 4) is 0 Å². The molecule has 2 aromatic carbocycles. The first-order chi connectivity index (χ1) is 12.5. The fourth-order valence-electron chi connectivity index (χ4n) is 2.32. The van der Waals surface area contributed by atoms with E-state index in [-0.39, 0.29) is 18.3 Å². The zero-order chi connectivity index (χ0) is 18.9. The predicted molar refractivity (Wildman–Crippen MR) is 90.9 cm³/mol. The quantitative estimate of drug-likeness (QED) is 0.719. The maximum atomic E-state index is 12.1. The summed E-state index contributed by atoms with van der Waals surface area (Å²) < 4.78 is 12.9. The van der Waals surface area contributed by atoms with Gasteiger partial charge in [-0.1, -0.05) is 60.7 Å². The lowest BCUT2D eigenvalue weighted by Gasteiger charge is -2.20. The molecule has 0 saturated carbocycles. The summed E-state index contributed by atoms with van der Waals surface area (Å²) in [6.07, 6.45) is -0.773. The molecule has 130 valence electrons. The van der Waals surface area contributed by atoms with E-state index in [2.05, 4.69) is 0 Å². The van der Waals surface area contributed by atoms with Crippen molar-refractivity contribution in [1.29, 1.82) is 0 Å². The summed E-state index contributed by atoms with van der Waals surface area (Å²) in [6, 6.07) is 16.1. The number of aldehydes is 1. The zero-order valence-electron chi connectivity index (χ0n) is 14.4.